The lowest BCUT2D eigenvalue weighted by Gasteiger charge is -2.39. The minimum absolute atomic E-state index is 0.272. The van der Waals surface area contributed by atoms with E-state index in [9.17, 15) is 13.2 Å². The summed E-state index contributed by atoms with van der Waals surface area (Å²) in [5, 5.41) is 12.6. The first kappa shape index (κ1) is 28.8. The summed E-state index contributed by atoms with van der Waals surface area (Å²) in [6, 6.07) is 16.5. The SMILES string of the molecule is CS(=O)(=O)N1CCN(CCc2cccc(Cl)c2)CC1C(=O)NCCc1cncn1CCc1ccc(C#N)cc1. The summed E-state index contributed by atoms with van der Waals surface area (Å²) in [5.74, 6) is -0.295. The maximum Gasteiger partial charge on any atom is 0.239 e. The minimum atomic E-state index is -3.53. The van der Waals surface area contributed by atoms with E-state index in [1.54, 1.807) is 12.5 Å². The number of halogens is 1. The highest BCUT2D eigenvalue weighted by Crippen LogP contribution is 2.16. The highest BCUT2D eigenvalue weighted by atomic mass is 35.5. The number of hydrogen-bond acceptors (Lipinski definition) is 6. The molecule has 1 saturated heterocycles. The number of carbonyl (C=O) groups is 1. The minimum Gasteiger partial charge on any atom is -0.354 e. The Morgan fingerprint density at radius 2 is 1.87 bits per heavy atom. The predicted molar refractivity (Wildman–Crippen MR) is 151 cm³/mol. The van der Waals surface area contributed by atoms with Gasteiger partial charge in [0.15, 0.2) is 0 Å². The van der Waals surface area contributed by atoms with Gasteiger partial charge in [-0.3, -0.25) is 9.69 Å². The molecule has 0 aliphatic carbocycles. The molecule has 1 atom stereocenters. The van der Waals surface area contributed by atoms with Gasteiger partial charge in [0.2, 0.25) is 15.9 Å². The zero-order valence-electron chi connectivity index (χ0n) is 22.0. The number of nitrogens with zero attached hydrogens (tertiary/aromatic N) is 5. The normalized spacial score (nSPS) is 16.6. The number of imidazole rings is 1. The number of amides is 1. The van der Waals surface area contributed by atoms with Gasteiger partial charge in [0.25, 0.3) is 0 Å². The third-order valence-electron chi connectivity index (χ3n) is 6.95. The number of piperazine rings is 1. The number of sulfonamides is 1. The lowest BCUT2D eigenvalue weighted by Crippen LogP contribution is -2.60. The molecule has 206 valence electrons. The third-order valence-corrected chi connectivity index (χ3v) is 8.48. The van der Waals surface area contributed by atoms with E-state index in [1.165, 1.54) is 4.31 Å². The standard InChI is InChI=1S/C28H33ClN6O3S/c1-39(37,38)35-16-15-33(13-10-23-3-2-4-25(29)17-23)20-27(35)28(36)32-12-9-26-19-31-21-34(26)14-11-22-5-7-24(18-30)8-6-22/h2-8,17,19,21,27H,9-16,20H2,1H3,(H,32,36). The fourth-order valence-electron chi connectivity index (χ4n) is 4.80. The molecule has 0 saturated carbocycles. The number of benzene rings is 2. The van der Waals surface area contributed by atoms with Crippen molar-refractivity contribution in [1.29, 1.82) is 5.26 Å². The van der Waals surface area contributed by atoms with Crippen LogP contribution in [0.3, 0.4) is 0 Å². The lowest BCUT2D eigenvalue weighted by atomic mass is 10.1. The van der Waals surface area contributed by atoms with Crippen LogP contribution in [0.4, 0.5) is 0 Å². The molecule has 1 unspecified atom stereocenters. The topological polar surface area (TPSA) is 111 Å². The summed E-state index contributed by atoms with van der Waals surface area (Å²) in [4.78, 5) is 19.6. The van der Waals surface area contributed by atoms with Gasteiger partial charge in [-0.1, -0.05) is 35.9 Å². The fraction of sp³-hybridized carbons (Fsp3) is 0.393. The van der Waals surface area contributed by atoms with Crippen LogP contribution in [0, 0.1) is 11.3 Å². The maximum absolute atomic E-state index is 13.2. The van der Waals surface area contributed by atoms with E-state index in [0.717, 1.165) is 42.5 Å². The van der Waals surface area contributed by atoms with Crippen LogP contribution in [0.2, 0.25) is 5.02 Å². The van der Waals surface area contributed by atoms with Crippen LogP contribution >= 0.6 is 11.6 Å². The monoisotopic (exact) mass is 568 g/mol. The van der Waals surface area contributed by atoms with E-state index in [2.05, 4.69) is 21.3 Å². The van der Waals surface area contributed by atoms with E-state index < -0.39 is 16.1 Å². The Kier molecular flexibility index (Phi) is 9.75. The molecule has 0 bridgehead atoms. The van der Waals surface area contributed by atoms with Crippen LogP contribution in [0.25, 0.3) is 0 Å². The van der Waals surface area contributed by atoms with Gasteiger partial charge < -0.3 is 9.88 Å². The fourth-order valence-corrected chi connectivity index (χ4v) is 6.05. The Morgan fingerprint density at radius 3 is 2.59 bits per heavy atom. The Bertz CT molecular complexity index is 1420. The number of aromatic nitrogens is 2. The average molecular weight is 569 g/mol. The predicted octanol–water partition coefficient (Wildman–Crippen LogP) is 2.50. The Labute approximate surface area is 235 Å². The van der Waals surface area contributed by atoms with Crippen molar-refractivity contribution in [1.82, 2.24) is 24.1 Å². The molecule has 39 heavy (non-hydrogen) atoms. The first-order valence-electron chi connectivity index (χ1n) is 12.9. The molecule has 1 aliphatic rings. The molecule has 1 aromatic heterocycles. The second kappa shape index (κ2) is 13.2. The number of aryl methyl sites for hydroxylation is 2. The summed E-state index contributed by atoms with van der Waals surface area (Å²) >= 11 is 6.10. The number of nitrogens with one attached hydrogen (secondary N) is 1. The van der Waals surface area contributed by atoms with E-state index in [1.807, 2.05) is 53.1 Å². The van der Waals surface area contributed by atoms with Crippen molar-refractivity contribution in [3.63, 3.8) is 0 Å². The zero-order chi connectivity index (χ0) is 27.8. The van der Waals surface area contributed by atoms with Crippen LogP contribution in [0.15, 0.2) is 61.1 Å². The summed E-state index contributed by atoms with van der Waals surface area (Å²) in [6.07, 6.45) is 6.83. The Balaban J connectivity index is 1.31. The largest absolute Gasteiger partial charge is 0.354 e. The highest BCUT2D eigenvalue weighted by molar-refractivity contribution is 7.88. The summed E-state index contributed by atoms with van der Waals surface area (Å²) in [7, 11) is -3.53. The maximum atomic E-state index is 13.2. The molecular weight excluding hydrogens is 536 g/mol. The average Bonchev–Trinajstić information content (AvgIpc) is 3.37. The van der Waals surface area contributed by atoms with Gasteiger partial charge >= 0.3 is 0 Å². The van der Waals surface area contributed by atoms with E-state index in [-0.39, 0.29) is 12.5 Å². The molecule has 0 radical (unpaired) electrons. The Hall–Kier alpha value is -3.23. The molecule has 1 fully saturated rings. The summed E-state index contributed by atoms with van der Waals surface area (Å²) in [5.41, 5.74) is 3.84. The number of carbonyl (C=O) groups excluding carboxylic acids is 1. The first-order chi connectivity index (χ1) is 18.7. The van der Waals surface area contributed by atoms with Gasteiger partial charge in [0.1, 0.15) is 6.04 Å². The van der Waals surface area contributed by atoms with Crippen molar-refractivity contribution in [2.45, 2.75) is 31.8 Å². The lowest BCUT2D eigenvalue weighted by molar-refractivity contribution is -0.126. The number of hydrogen-bond donors (Lipinski definition) is 1. The molecule has 2 heterocycles. The van der Waals surface area contributed by atoms with Gasteiger partial charge in [0, 0.05) is 62.6 Å². The second-order valence-electron chi connectivity index (χ2n) is 9.75. The van der Waals surface area contributed by atoms with Crippen molar-refractivity contribution >= 4 is 27.5 Å². The third kappa shape index (κ3) is 8.13. The van der Waals surface area contributed by atoms with E-state index >= 15 is 0 Å². The van der Waals surface area contributed by atoms with Crippen LogP contribution in [0.1, 0.15) is 22.4 Å². The summed E-state index contributed by atoms with van der Waals surface area (Å²) in [6.45, 7) is 2.98. The first-order valence-corrected chi connectivity index (χ1v) is 15.1. The number of nitriles is 1. The van der Waals surface area contributed by atoms with Gasteiger partial charge in [-0.15, -0.1) is 0 Å². The van der Waals surface area contributed by atoms with Crippen molar-refractivity contribution in [3.8, 4) is 6.07 Å². The zero-order valence-corrected chi connectivity index (χ0v) is 23.5. The van der Waals surface area contributed by atoms with Gasteiger partial charge in [-0.25, -0.2) is 13.4 Å². The van der Waals surface area contributed by atoms with Crippen molar-refractivity contribution in [2.24, 2.45) is 0 Å². The van der Waals surface area contributed by atoms with E-state index in [4.69, 9.17) is 16.9 Å². The molecule has 3 aromatic rings. The van der Waals surface area contributed by atoms with Crippen LogP contribution < -0.4 is 5.32 Å². The van der Waals surface area contributed by atoms with Crippen molar-refractivity contribution in [3.05, 3.63) is 88.5 Å². The summed E-state index contributed by atoms with van der Waals surface area (Å²) < 4.78 is 28.2. The van der Waals surface area contributed by atoms with Crippen LogP contribution in [-0.2, 0) is 40.6 Å². The second-order valence-corrected chi connectivity index (χ2v) is 12.1. The van der Waals surface area contributed by atoms with Crippen molar-refractivity contribution in [2.75, 3.05) is 39.0 Å². The molecule has 0 spiro atoms. The molecule has 1 N–H and O–H groups in total. The van der Waals surface area contributed by atoms with Crippen LogP contribution in [0.5, 0.6) is 0 Å². The molecule has 1 aliphatic heterocycles. The quantitative estimate of drug-likeness (QED) is 0.380. The molecule has 4 rings (SSSR count). The Morgan fingerprint density at radius 1 is 1.10 bits per heavy atom. The van der Waals surface area contributed by atoms with Crippen molar-refractivity contribution < 1.29 is 13.2 Å². The molecule has 1 amide bonds. The molecule has 9 nitrogen and oxygen atoms in total. The van der Waals surface area contributed by atoms with Gasteiger partial charge in [-0.05, 0) is 48.2 Å². The number of rotatable bonds is 11. The molecule has 2 aromatic carbocycles. The van der Waals surface area contributed by atoms with Gasteiger partial charge in [0.05, 0.1) is 24.2 Å². The van der Waals surface area contributed by atoms with Crippen LogP contribution in [-0.4, -0.2) is 78.1 Å². The highest BCUT2D eigenvalue weighted by Gasteiger charge is 2.37. The van der Waals surface area contributed by atoms with Gasteiger partial charge in [-0.2, -0.15) is 9.57 Å². The van der Waals surface area contributed by atoms with E-state index in [0.29, 0.717) is 43.2 Å². The smallest absolute Gasteiger partial charge is 0.239 e. The molecule has 11 heteroatoms. The molecular formula is C28H33ClN6O3S.